The fraction of sp³-hybridized carbons (Fsp3) is 0.556. The number of fused-ring (bicyclic) bond motifs is 1. The van der Waals surface area contributed by atoms with Crippen molar-refractivity contribution in [2.75, 3.05) is 0 Å². The van der Waals surface area contributed by atoms with Gasteiger partial charge in [-0.3, -0.25) is 0 Å². The van der Waals surface area contributed by atoms with Crippen LogP contribution in [0.4, 0.5) is 0 Å². The van der Waals surface area contributed by atoms with Crippen LogP contribution in [0.15, 0.2) is 0 Å². The average Bonchev–Trinajstić information content (AvgIpc) is 2.60. The summed E-state index contributed by atoms with van der Waals surface area (Å²) in [6, 6.07) is 0. The average molecular weight is 195 g/mol. The molecule has 0 unspecified atom stereocenters. The molecule has 13 heavy (non-hydrogen) atoms. The van der Waals surface area contributed by atoms with Gasteiger partial charge in [0.25, 0.3) is 0 Å². The molecule has 0 fully saturated rings. The Morgan fingerprint density at radius 2 is 2.08 bits per heavy atom. The lowest BCUT2D eigenvalue weighted by Crippen LogP contribution is -1.94. The third-order valence-corrected chi connectivity index (χ3v) is 3.23. The number of aromatic nitrogens is 3. The van der Waals surface area contributed by atoms with E-state index in [-0.39, 0.29) is 0 Å². The van der Waals surface area contributed by atoms with Gasteiger partial charge in [-0.05, 0) is 19.8 Å². The van der Waals surface area contributed by atoms with Gasteiger partial charge in [0.05, 0.1) is 11.4 Å². The van der Waals surface area contributed by atoms with Crippen LogP contribution in [0.25, 0.3) is 4.96 Å². The molecule has 0 spiro atoms. The summed E-state index contributed by atoms with van der Waals surface area (Å²) in [5, 5.41) is 5.66. The quantitative estimate of drug-likeness (QED) is 0.735. The van der Waals surface area contributed by atoms with Crippen molar-refractivity contribution in [2.24, 2.45) is 0 Å². The van der Waals surface area contributed by atoms with Crippen LogP contribution in [0.3, 0.4) is 0 Å². The molecule has 0 aliphatic rings. The Labute approximate surface area is 81.4 Å². The van der Waals surface area contributed by atoms with E-state index in [0.29, 0.717) is 0 Å². The summed E-state index contributed by atoms with van der Waals surface area (Å²) in [6.45, 7) is 6.31. The molecule has 2 aromatic rings. The number of aryl methyl sites for hydroxylation is 3. The molecule has 70 valence electrons. The molecule has 0 N–H and O–H groups in total. The Hall–Kier alpha value is -0.900. The van der Waals surface area contributed by atoms with Gasteiger partial charge in [0, 0.05) is 0 Å². The van der Waals surface area contributed by atoms with Crippen LogP contribution in [-0.2, 0) is 12.8 Å². The Kier molecular flexibility index (Phi) is 2.07. The van der Waals surface area contributed by atoms with Crippen molar-refractivity contribution >= 4 is 16.3 Å². The van der Waals surface area contributed by atoms with E-state index in [1.807, 2.05) is 11.4 Å². The molecule has 2 heterocycles. The SMILES string of the molecule is CCc1nn2c(CC)c(C)nc2s1. The van der Waals surface area contributed by atoms with E-state index in [0.717, 1.165) is 28.5 Å². The predicted octanol–water partition coefficient (Wildman–Crippen LogP) is 2.22. The molecule has 0 radical (unpaired) electrons. The van der Waals surface area contributed by atoms with E-state index in [4.69, 9.17) is 0 Å². The van der Waals surface area contributed by atoms with Gasteiger partial charge >= 0.3 is 0 Å². The molecular formula is C9H13N3S. The van der Waals surface area contributed by atoms with Crippen LogP contribution in [-0.4, -0.2) is 14.6 Å². The van der Waals surface area contributed by atoms with Crippen molar-refractivity contribution in [3.63, 3.8) is 0 Å². The van der Waals surface area contributed by atoms with Crippen molar-refractivity contribution < 1.29 is 0 Å². The van der Waals surface area contributed by atoms with Gasteiger partial charge in [0.15, 0.2) is 0 Å². The summed E-state index contributed by atoms with van der Waals surface area (Å²) in [7, 11) is 0. The highest BCUT2D eigenvalue weighted by Crippen LogP contribution is 2.18. The van der Waals surface area contributed by atoms with Gasteiger partial charge in [-0.25, -0.2) is 9.50 Å². The predicted molar refractivity (Wildman–Crippen MR) is 54.4 cm³/mol. The van der Waals surface area contributed by atoms with Crippen LogP contribution >= 0.6 is 11.3 Å². The topological polar surface area (TPSA) is 30.2 Å². The lowest BCUT2D eigenvalue weighted by Gasteiger charge is -1.92. The van der Waals surface area contributed by atoms with Gasteiger partial charge in [-0.2, -0.15) is 5.10 Å². The maximum atomic E-state index is 4.50. The zero-order valence-electron chi connectivity index (χ0n) is 8.16. The summed E-state index contributed by atoms with van der Waals surface area (Å²) < 4.78 is 1.98. The number of hydrogen-bond donors (Lipinski definition) is 0. The smallest absolute Gasteiger partial charge is 0.212 e. The van der Waals surface area contributed by atoms with Crippen LogP contribution in [0.2, 0.25) is 0 Å². The van der Waals surface area contributed by atoms with Crippen LogP contribution in [0, 0.1) is 6.92 Å². The monoisotopic (exact) mass is 195 g/mol. The lowest BCUT2D eigenvalue weighted by atomic mass is 10.3. The number of imidazole rings is 1. The Bertz CT molecular complexity index is 427. The molecule has 0 saturated carbocycles. The van der Waals surface area contributed by atoms with Gasteiger partial charge in [0.1, 0.15) is 5.01 Å². The molecule has 4 heteroatoms. The zero-order chi connectivity index (χ0) is 9.42. The van der Waals surface area contributed by atoms with Gasteiger partial charge < -0.3 is 0 Å². The molecular weight excluding hydrogens is 182 g/mol. The molecule has 2 rings (SSSR count). The van der Waals surface area contributed by atoms with Crippen molar-refractivity contribution in [3.8, 4) is 0 Å². The van der Waals surface area contributed by atoms with Crippen LogP contribution < -0.4 is 0 Å². The van der Waals surface area contributed by atoms with Crippen molar-refractivity contribution in [1.29, 1.82) is 0 Å². The van der Waals surface area contributed by atoms with Gasteiger partial charge in [0.2, 0.25) is 4.96 Å². The fourth-order valence-corrected chi connectivity index (χ4v) is 2.38. The third-order valence-electron chi connectivity index (χ3n) is 2.18. The molecule has 2 aromatic heterocycles. The van der Waals surface area contributed by atoms with Crippen LogP contribution in [0.1, 0.15) is 30.2 Å². The highest BCUT2D eigenvalue weighted by atomic mass is 32.1. The minimum atomic E-state index is 0.996. The summed E-state index contributed by atoms with van der Waals surface area (Å²) in [6.07, 6.45) is 2.00. The third kappa shape index (κ3) is 1.25. The van der Waals surface area contributed by atoms with E-state index >= 15 is 0 Å². The number of rotatable bonds is 2. The largest absolute Gasteiger partial charge is 0.223 e. The molecule has 0 aliphatic carbocycles. The molecule has 0 aromatic carbocycles. The number of nitrogens with zero attached hydrogens (tertiary/aromatic N) is 3. The molecule has 0 saturated heterocycles. The summed E-state index contributed by atoms with van der Waals surface area (Å²) >= 11 is 1.69. The normalized spacial score (nSPS) is 11.3. The first-order valence-electron chi connectivity index (χ1n) is 4.60. The highest BCUT2D eigenvalue weighted by molar-refractivity contribution is 7.16. The molecule has 0 amide bonds. The van der Waals surface area contributed by atoms with Crippen molar-refractivity contribution in [3.05, 3.63) is 16.4 Å². The second-order valence-corrected chi connectivity index (χ2v) is 4.08. The Balaban J connectivity index is 2.66. The van der Waals surface area contributed by atoms with E-state index in [2.05, 4.69) is 23.9 Å². The van der Waals surface area contributed by atoms with E-state index in [1.165, 1.54) is 5.69 Å². The first-order chi connectivity index (χ1) is 6.26. The Morgan fingerprint density at radius 1 is 1.31 bits per heavy atom. The Morgan fingerprint density at radius 3 is 2.69 bits per heavy atom. The van der Waals surface area contributed by atoms with Crippen LogP contribution in [0.5, 0.6) is 0 Å². The molecule has 3 nitrogen and oxygen atoms in total. The maximum Gasteiger partial charge on any atom is 0.212 e. The first kappa shape index (κ1) is 8.69. The van der Waals surface area contributed by atoms with Crippen molar-refractivity contribution in [1.82, 2.24) is 14.6 Å². The van der Waals surface area contributed by atoms with E-state index in [9.17, 15) is 0 Å². The molecule has 0 aliphatic heterocycles. The highest BCUT2D eigenvalue weighted by Gasteiger charge is 2.10. The first-order valence-corrected chi connectivity index (χ1v) is 5.41. The standard InChI is InChI=1S/C9H13N3S/c1-4-7-6(3)10-9-12(7)11-8(5-2)13-9/h4-5H2,1-3H3. The van der Waals surface area contributed by atoms with Gasteiger partial charge in [-0.1, -0.05) is 25.2 Å². The summed E-state index contributed by atoms with van der Waals surface area (Å²) in [5.74, 6) is 0. The molecule has 0 bridgehead atoms. The fourth-order valence-electron chi connectivity index (χ4n) is 1.48. The summed E-state index contributed by atoms with van der Waals surface area (Å²) in [4.78, 5) is 5.51. The minimum Gasteiger partial charge on any atom is -0.223 e. The van der Waals surface area contributed by atoms with E-state index in [1.54, 1.807) is 11.3 Å². The maximum absolute atomic E-state index is 4.50. The molecule has 0 atom stereocenters. The number of hydrogen-bond acceptors (Lipinski definition) is 3. The minimum absolute atomic E-state index is 0.996. The summed E-state index contributed by atoms with van der Waals surface area (Å²) in [5.41, 5.74) is 2.36. The lowest BCUT2D eigenvalue weighted by molar-refractivity contribution is 0.842. The second-order valence-electron chi connectivity index (χ2n) is 3.04. The van der Waals surface area contributed by atoms with E-state index < -0.39 is 0 Å². The van der Waals surface area contributed by atoms with Gasteiger partial charge in [-0.15, -0.1) is 0 Å². The second kappa shape index (κ2) is 3.10. The van der Waals surface area contributed by atoms with Crippen molar-refractivity contribution in [2.45, 2.75) is 33.6 Å². The zero-order valence-corrected chi connectivity index (χ0v) is 8.98.